The molecule has 5 atom stereocenters. The summed E-state index contributed by atoms with van der Waals surface area (Å²) in [6.07, 6.45) is -8.78. The minimum absolute atomic E-state index is 0.0807. The van der Waals surface area contributed by atoms with Crippen LogP contribution in [0.4, 0.5) is 30.7 Å². The summed E-state index contributed by atoms with van der Waals surface area (Å²) in [6, 6.07) is -0.442. The Morgan fingerprint density at radius 2 is 1.53 bits per heavy atom. The summed E-state index contributed by atoms with van der Waals surface area (Å²) in [7, 11) is 0. The van der Waals surface area contributed by atoms with E-state index in [1.807, 2.05) is 0 Å². The first-order chi connectivity index (χ1) is 15.0. The summed E-state index contributed by atoms with van der Waals surface area (Å²) in [6.45, 7) is -0.952. The van der Waals surface area contributed by atoms with Crippen LogP contribution in [-0.4, -0.2) is 56.6 Å². The second-order valence-corrected chi connectivity index (χ2v) is 8.97. The fourth-order valence-corrected chi connectivity index (χ4v) is 4.59. The van der Waals surface area contributed by atoms with Crippen LogP contribution in [0.15, 0.2) is 0 Å². The van der Waals surface area contributed by atoms with Crippen LogP contribution in [0.2, 0.25) is 0 Å². The van der Waals surface area contributed by atoms with Gasteiger partial charge in [0.2, 0.25) is 0 Å². The maximum Gasteiger partial charge on any atom is 0.411 e. The quantitative estimate of drug-likeness (QED) is 0.362. The molecule has 3 fully saturated rings. The maximum atomic E-state index is 13.3. The van der Waals surface area contributed by atoms with Gasteiger partial charge in [0.15, 0.2) is 6.35 Å². The topological polar surface area (TPSA) is 69.4 Å². The maximum absolute atomic E-state index is 13.3. The minimum atomic E-state index is -4.52. The molecule has 5 N–H and O–H groups in total. The highest BCUT2D eigenvalue weighted by Gasteiger charge is 2.43. The second-order valence-electron chi connectivity index (χ2n) is 8.97. The smallest absolute Gasteiger partial charge is 0.340 e. The molecule has 1 heterocycles. The van der Waals surface area contributed by atoms with Crippen molar-refractivity contribution in [1.82, 2.24) is 26.6 Å². The largest absolute Gasteiger partial charge is 0.411 e. The van der Waals surface area contributed by atoms with Crippen molar-refractivity contribution in [3.63, 3.8) is 0 Å². The van der Waals surface area contributed by atoms with E-state index in [1.165, 1.54) is 0 Å². The molecule has 0 aromatic rings. The van der Waals surface area contributed by atoms with E-state index in [0.29, 0.717) is 32.2 Å². The van der Waals surface area contributed by atoms with Gasteiger partial charge in [-0.25, -0.2) is 4.39 Å². The molecule has 188 valence electrons. The molecular formula is C19H32F7N5O. The Labute approximate surface area is 182 Å². The summed E-state index contributed by atoms with van der Waals surface area (Å²) in [5.74, 6) is -1.15. The Morgan fingerprint density at radius 3 is 2.19 bits per heavy atom. The van der Waals surface area contributed by atoms with Crippen LogP contribution in [-0.2, 0) is 4.74 Å². The number of rotatable bonds is 7. The predicted octanol–water partition coefficient (Wildman–Crippen LogP) is 3.03. The van der Waals surface area contributed by atoms with Gasteiger partial charge in [-0.05, 0) is 50.9 Å². The number of alkyl halides is 7. The normalized spacial score (nSPS) is 37.4. The monoisotopic (exact) mass is 479 g/mol. The molecule has 2 aliphatic carbocycles. The number of halogens is 7. The molecule has 0 aromatic heterocycles. The van der Waals surface area contributed by atoms with E-state index < -0.39 is 56.0 Å². The molecule has 1 saturated heterocycles. The molecule has 0 spiro atoms. The van der Waals surface area contributed by atoms with Crippen LogP contribution >= 0.6 is 0 Å². The van der Waals surface area contributed by atoms with Gasteiger partial charge in [-0.2, -0.15) is 26.3 Å². The highest BCUT2D eigenvalue weighted by Crippen LogP contribution is 2.37. The first kappa shape index (κ1) is 25.9. The van der Waals surface area contributed by atoms with Gasteiger partial charge < -0.3 is 4.74 Å². The first-order valence-corrected chi connectivity index (χ1v) is 11.1. The lowest BCUT2D eigenvalue weighted by molar-refractivity contribution is -0.199. The van der Waals surface area contributed by atoms with E-state index in [1.54, 1.807) is 0 Å². The molecule has 32 heavy (non-hydrogen) atoms. The lowest BCUT2D eigenvalue weighted by Gasteiger charge is -2.42. The summed E-state index contributed by atoms with van der Waals surface area (Å²) in [5, 5.41) is 14.9. The molecule has 0 amide bonds. The standard InChI is InChI=1S/C19H32F7N5O/c20-13-6-4-11(5-7-13)9-27-15-29-16(31-17(30-15)32-10-18(21,22)23)28-14-3-1-2-12(8-14)19(24,25)26/h11-17,27-31H,1-10H2. The zero-order chi connectivity index (χ0) is 23.4. The van der Waals surface area contributed by atoms with E-state index in [2.05, 4.69) is 26.6 Å². The highest BCUT2D eigenvalue weighted by molar-refractivity contribution is 4.86. The molecule has 13 heteroatoms. The number of ether oxygens (including phenoxy) is 1. The second kappa shape index (κ2) is 11.1. The molecule has 0 aromatic carbocycles. The van der Waals surface area contributed by atoms with Gasteiger partial charge in [-0.3, -0.25) is 26.6 Å². The van der Waals surface area contributed by atoms with Crippen LogP contribution < -0.4 is 26.6 Å². The van der Waals surface area contributed by atoms with Gasteiger partial charge in [0, 0.05) is 12.6 Å². The number of nitrogens with one attached hydrogen (secondary N) is 5. The summed E-state index contributed by atoms with van der Waals surface area (Å²) < 4.78 is 95.3. The molecule has 5 unspecified atom stereocenters. The van der Waals surface area contributed by atoms with Gasteiger partial charge in [0.25, 0.3) is 0 Å². The molecule has 3 aliphatic rings. The van der Waals surface area contributed by atoms with E-state index >= 15 is 0 Å². The van der Waals surface area contributed by atoms with Crippen molar-refractivity contribution < 1.29 is 35.5 Å². The van der Waals surface area contributed by atoms with E-state index in [-0.39, 0.29) is 18.8 Å². The Bertz CT molecular complexity index is 571. The minimum Gasteiger partial charge on any atom is -0.340 e. The summed E-state index contributed by atoms with van der Waals surface area (Å²) in [5.41, 5.74) is 0. The van der Waals surface area contributed by atoms with E-state index in [9.17, 15) is 30.7 Å². The Morgan fingerprint density at radius 1 is 0.844 bits per heavy atom. The van der Waals surface area contributed by atoms with Crippen molar-refractivity contribution >= 4 is 0 Å². The summed E-state index contributed by atoms with van der Waals surface area (Å²) >= 11 is 0. The Kier molecular flexibility index (Phi) is 9.00. The molecule has 0 radical (unpaired) electrons. The van der Waals surface area contributed by atoms with Gasteiger partial charge >= 0.3 is 12.4 Å². The fraction of sp³-hybridized carbons (Fsp3) is 1.00. The molecule has 3 rings (SSSR count). The lowest BCUT2D eigenvalue weighted by atomic mass is 9.85. The Hall–Kier alpha value is -0.730. The SMILES string of the molecule is FC1CCC(CNC2NC(NC3CCCC(C(F)(F)F)C3)NC(OCC(F)(F)F)N2)CC1. The first-order valence-electron chi connectivity index (χ1n) is 11.1. The van der Waals surface area contributed by atoms with Crippen molar-refractivity contribution in [2.45, 2.75) is 94.9 Å². The number of hydrogen-bond acceptors (Lipinski definition) is 6. The van der Waals surface area contributed by atoms with E-state index in [4.69, 9.17) is 4.74 Å². The van der Waals surface area contributed by atoms with E-state index in [0.717, 1.165) is 12.8 Å². The third kappa shape index (κ3) is 8.56. The molecule has 0 bridgehead atoms. The van der Waals surface area contributed by atoms with Gasteiger partial charge in [-0.15, -0.1) is 0 Å². The lowest BCUT2D eigenvalue weighted by Crippen LogP contribution is -2.76. The van der Waals surface area contributed by atoms with Crippen LogP contribution in [0.5, 0.6) is 0 Å². The van der Waals surface area contributed by atoms with Crippen LogP contribution in [0.25, 0.3) is 0 Å². The molecule has 2 saturated carbocycles. The third-order valence-corrected chi connectivity index (χ3v) is 6.31. The van der Waals surface area contributed by atoms with Crippen molar-refractivity contribution in [3.05, 3.63) is 0 Å². The molecule has 1 aliphatic heterocycles. The average Bonchev–Trinajstić information content (AvgIpc) is 2.71. The van der Waals surface area contributed by atoms with Gasteiger partial charge in [0.1, 0.15) is 25.4 Å². The van der Waals surface area contributed by atoms with Crippen molar-refractivity contribution in [1.29, 1.82) is 0 Å². The molecule has 6 nitrogen and oxygen atoms in total. The zero-order valence-electron chi connectivity index (χ0n) is 17.7. The van der Waals surface area contributed by atoms with Gasteiger partial charge in [0.05, 0.1) is 5.92 Å². The fourth-order valence-electron chi connectivity index (χ4n) is 4.59. The van der Waals surface area contributed by atoms with Crippen LogP contribution in [0, 0.1) is 11.8 Å². The average molecular weight is 479 g/mol. The van der Waals surface area contributed by atoms with Crippen molar-refractivity contribution in [2.75, 3.05) is 13.2 Å². The highest BCUT2D eigenvalue weighted by atomic mass is 19.4. The van der Waals surface area contributed by atoms with Crippen LogP contribution in [0.1, 0.15) is 51.4 Å². The van der Waals surface area contributed by atoms with Gasteiger partial charge in [-0.1, -0.05) is 6.42 Å². The third-order valence-electron chi connectivity index (χ3n) is 6.31. The Balaban J connectivity index is 1.54. The van der Waals surface area contributed by atoms with Crippen molar-refractivity contribution in [3.8, 4) is 0 Å². The van der Waals surface area contributed by atoms with Crippen LogP contribution in [0.3, 0.4) is 0 Å². The zero-order valence-corrected chi connectivity index (χ0v) is 17.7. The molecular weight excluding hydrogens is 447 g/mol. The van der Waals surface area contributed by atoms with Crippen molar-refractivity contribution in [2.24, 2.45) is 11.8 Å². The number of hydrogen-bond donors (Lipinski definition) is 5. The summed E-state index contributed by atoms with van der Waals surface area (Å²) in [4.78, 5) is 0. The predicted molar refractivity (Wildman–Crippen MR) is 103 cm³/mol.